The van der Waals surface area contributed by atoms with Gasteiger partial charge in [0.2, 0.25) is 0 Å². The van der Waals surface area contributed by atoms with E-state index in [4.69, 9.17) is 0 Å². The van der Waals surface area contributed by atoms with Gasteiger partial charge in [0.25, 0.3) is 0 Å². The molecule has 0 aliphatic rings. The van der Waals surface area contributed by atoms with E-state index in [2.05, 4.69) is 55.2 Å². The predicted molar refractivity (Wildman–Crippen MR) is 106 cm³/mol. The second-order valence-electron chi connectivity index (χ2n) is 7.27. The Labute approximate surface area is 163 Å². The molecule has 0 radical (unpaired) electrons. The molecule has 3 rings (SSSR count). The Kier molecular flexibility index (Phi) is 5.65. The summed E-state index contributed by atoms with van der Waals surface area (Å²) in [4.78, 5) is 10.7. The maximum atomic E-state index is 10.7. The summed E-state index contributed by atoms with van der Waals surface area (Å²) in [6.45, 7) is 6.54. The van der Waals surface area contributed by atoms with Crippen molar-refractivity contribution in [1.29, 1.82) is 0 Å². The van der Waals surface area contributed by atoms with E-state index in [1.165, 1.54) is 17.3 Å². The zero-order valence-corrected chi connectivity index (χ0v) is 16.5. The summed E-state index contributed by atoms with van der Waals surface area (Å²) in [7, 11) is 0. The van der Waals surface area contributed by atoms with Crippen molar-refractivity contribution in [3.8, 4) is 17.1 Å². The van der Waals surface area contributed by atoms with Crippen molar-refractivity contribution < 1.29 is 9.90 Å². The van der Waals surface area contributed by atoms with Gasteiger partial charge < -0.3 is 9.90 Å². The van der Waals surface area contributed by atoms with Crippen LogP contribution in [0.15, 0.2) is 59.8 Å². The van der Waals surface area contributed by atoms with Crippen molar-refractivity contribution in [3.63, 3.8) is 0 Å². The van der Waals surface area contributed by atoms with Crippen LogP contribution < -0.4 is 5.11 Å². The fraction of sp³-hybridized carbons (Fsp3) is 0.286. The number of carboxylic acids is 1. The Morgan fingerprint density at radius 1 is 1.04 bits per heavy atom. The van der Waals surface area contributed by atoms with Crippen LogP contribution >= 0.6 is 11.8 Å². The quantitative estimate of drug-likeness (QED) is 0.613. The van der Waals surface area contributed by atoms with Gasteiger partial charge in [0.05, 0.1) is 0 Å². The second-order valence-corrected chi connectivity index (χ2v) is 8.34. The van der Waals surface area contributed by atoms with Gasteiger partial charge in [0, 0.05) is 23.0 Å². The molecule has 3 aromatic rings. The molecule has 0 spiro atoms. The average Bonchev–Trinajstić information content (AvgIpc) is 3.05. The third kappa shape index (κ3) is 4.57. The molecule has 140 valence electrons. The largest absolute Gasteiger partial charge is 0.550 e. The monoisotopic (exact) mass is 380 g/mol. The molecule has 0 saturated carbocycles. The summed E-state index contributed by atoms with van der Waals surface area (Å²) in [6, 6.07) is 18.2. The molecule has 0 fully saturated rings. The maximum Gasteiger partial charge on any atom is 0.196 e. The highest BCUT2D eigenvalue weighted by atomic mass is 32.2. The van der Waals surface area contributed by atoms with E-state index < -0.39 is 5.97 Å². The number of thioether (sulfide) groups is 1. The van der Waals surface area contributed by atoms with E-state index in [0.717, 1.165) is 17.1 Å². The van der Waals surface area contributed by atoms with Crippen LogP contribution in [0, 0.1) is 0 Å². The van der Waals surface area contributed by atoms with E-state index in [-0.39, 0.29) is 11.8 Å². The van der Waals surface area contributed by atoms with Crippen LogP contribution in [0.3, 0.4) is 0 Å². The van der Waals surface area contributed by atoms with Crippen LogP contribution in [0.4, 0.5) is 0 Å². The number of nitrogens with zero attached hydrogens (tertiary/aromatic N) is 3. The van der Waals surface area contributed by atoms with Crippen molar-refractivity contribution in [3.05, 3.63) is 60.2 Å². The van der Waals surface area contributed by atoms with Crippen LogP contribution in [0.5, 0.6) is 0 Å². The number of aromatic nitrogens is 3. The first-order chi connectivity index (χ1) is 12.9. The molecule has 1 heterocycles. The number of carboxylic acid groups (broad SMARTS) is 1. The molecule has 0 aliphatic heterocycles. The normalized spacial score (nSPS) is 11.5. The third-order valence-corrected chi connectivity index (χ3v) is 5.12. The van der Waals surface area contributed by atoms with Crippen LogP contribution in [-0.2, 0) is 10.2 Å². The number of para-hydroxylation sites is 1. The first kappa shape index (κ1) is 19.2. The number of benzene rings is 2. The van der Waals surface area contributed by atoms with Gasteiger partial charge in [-0.2, -0.15) is 0 Å². The van der Waals surface area contributed by atoms with E-state index in [1.807, 2.05) is 34.9 Å². The highest BCUT2D eigenvalue weighted by Crippen LogP contribution is 2.30. The third-order valence-electron chi connectivity index (χ3n) is 4.19. The number of rotatable bonds is 6. The minimum Gasteiger partial charge on any atom is -0.550 e. The molecule has 1 aromatic heterocycles. The van der Waals surface area contributed by atoms with Gasteiger partial charge in [0.15, 0.2) is 11.0 Å². The summed E-state index contributed by atoms with van der Waals surface area (Å²) in [5.74, 6) is 0.0554. The molecule has 2 aromatic carbocycles. The predicted octanol–water partition coefficient (Wildman–Crippen LogP) is 3.46. The lowest BCUT2D eigenvalue weighted by atomic mass is 9.87. The molecule has 27 heavy (non-hydrogen) atoms. The van der Waals surface area contributed by atoms with Crippen molar-refractivity contribution in [2.45, 2.75) is 37.8 Å². The first-order valence-electron chi connectivity index (χ1n) is 8.80. The smallest absolute Gasteiger partial charge is 0.196 e. The molecular weight excluding hydrogens is 358 g/mol. The summed E-state index contributed by atoms with van der Waals surface area (Å²) in [6.07, 6.45) is -0.0259. The number of carbonyl (C=O) groups excluding carboxylic acids is 1. The van der Waals surface area contributed by atoms with Crippen LogP contribution in [0.2, 0.25) is 0 Å². The summed E-state index contributed by atoms with van der Waals surface area (Å²) >= 11 is 1.36. The molecule has 6 heteroatoms. The molecule has 0 N–H and O–H groups in total. The van der Waals surface area contributed by atoms with Gasteiger partial charge in [-0.1, -0.05) is 75.0 Å². The lowest BCUT2D eigenvalue weighted by molar-refractivity contribution is -0.305. The van der Waals surface area contributed by atoms with Crippen molar-refractivity contribution >= 4 is 17.7 Å². The minimum absolute atomic E-state index is 0.0259. The molecule has 0 saturated heterocycles. The van der Waals surface area contributed by atoms with Gasteiger partial charge in [-0.05, 0) is 29.5 Å². The Balaban J connectivity index is 2.00. The summed E-state index contributed by atoms with van der Waals surface area (Å²) in [5, 5.41) is 20.1. The zero-order chi connectivity index (χ0) is 19.4. The molecule has 0 atom stereocenters. The van der Waals surface area contributed by atoms with Crippen LogP contribution in [-0.4, -0.2) is 26.5 Å². The fourth-order valence-corrected chi connectivity index (χ4v) is 3.58. The fourth-order valence-electron chi connectivity index (χ4n) is 2.71. The van der Waals surface area contributed by atoms with E-state index >= 15 is 0 Å². The highest BCUT2D eigenvalue weighted by molar-refractivity contribution is 7.99. The van der Waals surface area contributed by atoms with E-state index in [0.29, 0.717) is 10.9 Å². The number of hydrogen-bond acceptors (Lipinski definition) is 5. The van der Waals surface area contributed by atoms with Gasteiger partial charge in [0.1, 0.15) is 0 Å². The van der Waals surface area contributed by atoms with Crippen molar-refractivity contribution in [2.24, 2.45) is 0 Å². The van der Waals surface area contributed by atoms with Crippen LogP contribution in [0.25, 0.3) is 17.1 Å². The Morgan fingerprint density at radius 3 is 2.30 bits per heavy atom. The van der Waals surface area contributed by atoms with Gasteiger partial charge in [-0.15, -0.1) is 10.2 Å². The first-order valence-corrected chi connectivity index (χ1v) is 9.79. The van der Waals surface area contributed by atoms with Gasteiger partial charge in [-0.25, -0.2) is 0 Å². The molecule has 0 bridgehead atoms. The van der Waals surface area contributed by atoms with Gasteiger partial charge in [-0.3, -0.25) is 4.57 Å². The Morgan fingerprint density at radius 2 is 1.70 bits per heavy atom. The maximum absolute atomic E-state index is 10.7. The van der Waals surface area contributed by atoms with E-state index in [9.17, 15) is 9.90 Å². The second kappa shape index (κ2) is 7.96. The van der Waals surface area contributed by atoms with Crippen molar-refractivity contribution in [2.75, 3.05) is 5.75 Å². The van der Waals surface area contributed by atoms with Gasteiger partial charge >= 0.3 is 0 Å². The molecular formula is C21H22N3O2S-. The summed E-state index contributed by atoms with van der Waals surface area (Å²) in [5.41, 5.74) is 3.23. The standard InChI is InChI=1S/C21H23N3O2S/c1-21(2,3)16-11-9-15(10-12-16)19-22-23-20(27-14-13-18(25)26)24(19)17-7-5-4-6-8-17/h4-12H,13-14H2,1-3H3,(H,25,26)/p-1. The number of hydrogen-bond donors (Lipinski definition) is 0. The zero-order valence-electron chi connectivity index (χ0n) is 15.7. The summed E-state index contributed by atoms with van der Waals surface area (Å²) < 4.78 is 1.96. The minimum atomic E-state index is -1.06. The molecule has 0 amide bonds. The Bertz CT molecular complexity index is 913. The van der Waals surface area contributed by atoms with E-state index in [1.54, 1.807) is 0 Å². The lowest BCUT2D eigenvalue weighted by Gasteiger charge is -2.19. The SMILES string of the molecule is CC(C)(C)c1ccc(-c2nnc(SCCC(=O)[O-])n2-c2ccccc2)cc1. The number of aliphatic carboxylic acids is 1. The van der Waals surface area contributed by atoms with Crippen LogP contribution in [0.1, 0.15) is 32.8 Å². The Hall–Kier alpha value is -2.60. The number of carbonyl (C=O) groups is 1. The molecule has 0 unspecified atom stereocenters. The lowest BCUT2D eigenvalue weighted by Crippen LogP contribution is -2.22. The average molecular weight is 380 g/mol. The highest BCUT2D eigenvalue weighted by Gasteiger charge is 2.18. The molecule has 0 aliphatic carbocycles. The molecule has 5 nitrogen and oxygen atoms in total. The van der Waals surface area contributed by atoms with Crippen molar-refractivity contribution in [1.82, 2.24) is 14.8 Å². The topological polar surface area (TPSA) is 70.8 Å².